The smallest absolute Gasteiger partial charge is 0.224 e. The maximum atomic E-state index is 11.8. The Kier molecular flexibility index (Phi) is 16.4. The Labute approximate surface area is 157 Å². The van der Waals surface area contributed by atoms with Crippen LogP contribution in [0.1, 0.15) is 53.4 Å². The fourth-order valence-electron chi connectivity index (χ4n) is 2.57. The molecule has 26 heavy (non-hydrogen) atoms. The summed E-state index contributed by atoms with van der Waals surface area (Å²) in [5.41, 5.74) is 0. The number of carbonyl (C=O) groups excluding carboxylic acids is 4. The molecule has 4 amide bonds. The van der Waals surface area contributed by atoms with Crippen LogP contribution in [0.4, 0.5) is 0 Å². The summed E-state index contributed by atoms with van der Waals surface area (Å²) in [5, 5.41) is 4.64. The summed E-state index contributed by atoms with van der Waals surface area (Å²) in [6, 6.07) is 0.389. The highest BCUT2D eigenvalue weighted by molar-refractivity contribution is 5.79. The molecule has 2 aliphatic heterocycles. The van der Waals surface area contributed by atoms with E-state index in [1.54, 1.807) is 25.9 Å². The Balaban J connectivity index is 0. The van der Waals surface area contributed by atoms with Crippen LogP contribution in [0.3, 0.4) is 0 Å². The van der Waals surface area contributed by atoms with Crippen LogP contribution in [-0.2, 0) is 19.2 Å². The van der Waals surface area contributed by atoms with Crippen molar-refractivity contribution in [1.29, 1.82) is 0 Å². The van der Waals surface area contributed by atoms with Crippen LogP contribution in [0.25, 0.3) is 0 Å². The molecule has 2 fully saturated rings. The molecule has 8 nitrogen and oxygen atoms in total. The van der Waals surface area contributed by atoms with Gasteiger partial charge in [0.1, 0.15) is 0 Å². The zero-order valence-electron chi connectivity index (χ0n) is 17.1. The Morgan fingerprint density at radius 1 is 1.08 bits per heavy atom. The third-order valence-electron chi connectivity index (χ3n) is 3.94. The number of nitrogens with zero attached hydrogens (tertiary/aromatic N) is 2. The first-order chi connectivity index (χ1) is 12.4. The Morgan fingerprint density at radius 2 is 1.62 bits per heavy atom. The minimum atomic E-state index is 0.00463. The van der Waals surface area contributed by atoms with E-state index in [0.717, 1.165) is 32.4 Å². The van der Waals surface area contributed by atoms with Gasteiger partial charge in [-0.2, -0.15) is 0 Å². The summed E-state index contributed by atoms with van der Waals surface area (Å²) >= 11 is 0. The van der Waals surface area contributed by atoms with Gasteiger partial charge in [0, 0.05) is 60.0 Å². The summed E-state index contributed by atoms with van der Waals surface area (Å²) in [6.07, 6.45) is 4.30. The van der Waals surface area contributed by atoms with Crippen molar-refractivity contribution in [2.75, 3.05) is 33.7 Å². The van der Waals surface area contributed by atoms with Crippen molar-refractivity contribution < 1.29 is 19.2 Å². The Morgan fingerprint density at radius 3 is 2.04 bits per heavy atom. The van der Waals surface area contributed by atoms with Gasteiger partial charge in [-0.1, -0.05) is 13.8 Å². The zero-order chi connectivity index (χ0) is 20.5. The molecule has 2 saturated heterocycles. The van der Waals surface area contributed by atoms with Gasteiger partial charge in [-0.05, 0) is 19.3 Å². The van der Waals surface area contributed by atoms with E-state index < -0.39 is 0 Å². The molecular formula is C18H36N4O4. The lowest BCUT2D eigenvalue weighted by molar-refractivity contribution is -0.136. The van der Waals surface area contributed by atoms with E-state index in [1.165, 1.54) is 6.92 Å². The molecule has 1 atom stereocenters. The predicted octanol–water partition coefficient (Wildman–Crippen LogP) is 0.760. The van der Waals surface area contributed by atoms with Crippen molar-refractivity contribution in [3.63, 3.8) is 0 Å². The van der Waals surface area contributed by atoms with E-state index in [-0.39, 0.29) is 17.7 Å². The van der Waals surface area contributed by atoms with Gasteiger partial charge in [0.05, 0.1) is 0 Å². The molecule has 2 aliphatic rings. The molecule has 0 spiro atoms. The molecule has 2 heterocycles. The van der Waals surface area contributed by atoms with Crippen molar-refractivity contribution in [2.24, 2.45) is 0 Å². The number of amides is 4. The van der Waals surface area contributed by atoms with Crippen molar-refractivity contribution in [2.45, 2.75) is 59.4 Å². The minimum Gasteiger partial charge on any atom is -0.362 e. The Hall–Kier alpha value is -2.12. The number of hydrogen-bond donors (Lipinski definition) is 2. The molecule has 1 unspecified atom stereocenters. The number of fused-ring (bicyclic) bond motifs is 1. The van der Waals surface area contributed by atoms with Gasteiger partial charge in [0.15, 0.2) is 0 Å². The van der Waals surface area contributed by atoms with Crippen LogP contribution in [0, 0.1) is 0 Å². The molecule has 0 aliphatic carbocycles. The third-order valence-corrected chi connectivity index (χ3v) is 3.94. The van der Waals surface area contributed by atoms with Crippen molar-refractivity contribution in [3.05, 3.63) is 0 Å². The van der Waals surface area contributed by atoms with Crippen LogP contribution in [0.2, 0.25) is 0 Å². The van der Waals surface area contributed by atoms with E-state index in [0.29, 0.717) is 25.4 Å². The molecule has 0 aromatic rings. The molecule has 0 aromatic carbocycles. The molecule has 0 bridgehead atoms. The molecule has 0 saturated carbocycles. The normalized spacial score (nSPS) is 18.1. The van der Waals surface area contributed by atoms with E-state index >= 15 is 0 Å². The highest BCUT2D eigenvalue weighted by Crippen LogP contribution is 2.23. The zero-order valence-corrected chi connectivity index (χ0v) is 17.1. The second-order valence-corrected chi connectivity index (χ2v) is 5.64. The first-order valence-electron chi connectivity index (χ1n) is 9.21. The molecule has 152 valence electrons. The maximum Gasteiger partial charge on any atom is 0.224 e. The van der Waals surface area contributed by atoms with E-state index in [2.05, 4.69) is 10.6 Å². The Bertz CT molecular complexity index is 429. The average molecular weight is 373 g/mol. The summed E-state index contributed by atoms with van der Waals surface area (Å²) in [4.78, 5) is 45.6. The fourth-order valence-corrected chi connectivity index (χ4v) is 2.57. The average Bonchev–Trinajstić information content (AvgIpc) is 3.10. The van der Waals surface area contributed by atoms with Gasteiger partial charge in [0.2, 0.25) is 24.1 Å². The van der Waals surface area contributed by atoms with Gasteiger partial charge >= 0.3 is 0 Å². The summed E-state index contributed by atoms with van der Waals surface area (Å²) in [6.45, 7) is 9.38. The van der Waals surface area contributed by atoms with Crippen molar-refractivity contribution in [1.82, 2.24) is 20.4 Å². The highest BCUT2D eigenvalue weighted by atomic mass is 16.2. The second kappa shape index (κ2) is 16.4. The molecule has 0 radical (unpaired) electrons. The molecule has 2 rings (SSSR count). The summed E-state index contributed by atoms with van der Waals surface area (Å²) < 4.78 is 0. The number of rotatable bonds is 1. The van der Waals surface area contributed by atoms with Crippen molar-refractivity contribution >= 4 is 24.1 Å². The number of nitrogens with one attached hydrogen (secondary N) is 2. The first kappa shape index (κ1) is 26.1. The first-order valence-corrected chi connectivity index (χ1v) is 9.21. The lowest BCUT2D eigenvalue weighted by Crippen LogP contribution is -2.44. The standard InChI is InChI=1S/C11H18N2O2.C3H7NO.C2H5NO.C2H6/c1-9(14)12-7-4-10-3-2-6-13(10)11(15)5-8-12;1-3(5)4-2;1-3-2-4;1-2/h10H,2-8H2,1H3;1-2H3,(H,4,5);2H,1H3,(H,3,4);1-2H3. The lowest BCUT2D eigenvalue weighted by atomic mass is 10.1. The largest absolute Gasteiger partial charge is 0.362 e. The van der Waals surface area contributed by atoms with Crippen LogP contribution in [0.5, 0.6) is 0 Å². The summed E-state index contributed by atoms with van der Waals surface area (Å²) in [7, 11) is 3.16. The maximum absolute atomic E-state index is 11.8. The lowest BCUT2D eigenvalue weighted by Gasteiger charge is -2.31. The van der Waals surface area contributed by atoms with Crippen LogP contribution in [0.15, 0.2) is 0 Å². The van der Waals surface area contributed by atoms with Gasteiger partial charge in [-0.15, -0.1) is 0 Å². The van der Waals surface area contributed by atoms with Gasteiger partial charge in [0.25, 0.3) is 0 Å². The van der Waals surface area contributed by atoms with E-state index in [4.69, 9.17) is 4.79 Å². The predicted molar refractivity (Wildman–Crippen MR) is 102 cm³/mol. The van der Waals surface area contributed by atoms with E-state index in [1.807, 2.05) is 18.7 Å². The monoisotopic (exact) mass is 372 g/mol. The second-order valence-electron chi connectivity index (χ2n) is 5.64. The van der Waals surface area contributed by atoms with Crippen molar-refractivity contribution in [3.8, 4) is 0 Å². The van der Waals surface area contributed by atoms with Crippen LogP contribution >= 0.6 is 0 Å². The summed E-state index contributed by atoms with van der Waals surface area (Å²) in [5.74, 6) is 0.322. The quantitative estimate of drug-likeness (QED) is 0.664. The molecule has 8 heteroatoms. The van der Waals surface area contributed by atoms with Gasteiger partial charge in [-0.25, -0.2) is 0 Å². The van der Waals surface area contributed by atoms with E-state index in [9.17, 15) is 14.4 Å². The highest BCUT2D eigenvalue weighted by Gasteiger charge is 2.31. The van der Waals surface area contributed by atoms with Crippen LogP contribution < -0.4 is 10.6 Å². The number of hydrogen-bond acceptors (Lipinski definition) is 4. The molecule has 0 aromatic heterocycles. The number of carbonyl (C=O) groups is 4. The molecule has 2 N–H and O–H groups in total. The minimum absolute atomic E-state index is 0.00463. The third kappa shape index (κ3) is 11.4. The SMILES string of the molecule is CC.CC(=O)N1CCC(=O)N2CCCC2CC1.CNC(C)=O.CNC=O. The van der Waals surface area contributed by atoms with Gasteiger partial charge < -0.3 is 20.4 Å². The van der Waals surface area contributed by atoms with Gasteiger partial charge in [-0.3, -0.25) is 19.2 Å². The van der Waals surface area contributed by atoms with Crippen LogP contribution in [-0.4, -0.2) is 73.7 Å². The topological polar surface area (TPSA) is 98.8 Å². The fraction of sp³-hybridized carbons (Fsp3) is 0.778. The molecular weight excluding hydrogens is 336 g/mol.